The summed E-state index contributed by atoms with van der Waals surface area (Å²) in [4.78, 5) is 0. The first-order chi connectivity index (χ1) is 11.7. The Balaban J connectivity index is 2.20. The minimum absolute atomic E-state index is 0.271. The van der Waals surface area contributed by atoms with Crippen LogP contribution in [0, 0.1) is 0 Å². The van der Waals surface area contributed by atoms with Crippen LogP contribution in [0.4, 0.5) is 0 Å². The molecule has 0 radical (unpaired) electrons. The summed E-state index contributed by atoms with van der Waals surface area (Å²) in [5, 5.41) is 0. The first-order valence-corrected chi connectivity index (χ1v) is 8.89. The van der Waals surface area contributed by atoms with Crippen molar-refractivity contribution < 1.29 is 9.47 Å². The molecule has 0 amide bonds. The first kappa shape index (κ1) is 18.3. The fourth-order valence-corrected chi connectivity index (χ4v) is 2.85. The van der Waals surface area contributed by atoms with Gasteiger partial charge in [0, 0.05) is 5.92 Å². The second-order valence-electron chi connectivity index (χ2n) is 5.88. The van der Waals surface area contributed by atoms with Crippen LogP contribution in [0.25, 0.3) is 0 Å². The Morgan fingerprint density at radius 3 is 2.04 bits per heavy atom. The monoisotopic (exact) mass is 327 g/mol. The lowest BCUT2D eigenvalue weighted by molar-refractivity contribution is 0.287. The van der Waals surface area contributed by atoms with Gasteiger partial charge in [0.05, 0.1) is 13.2 Å². The summed E-state index contributed by atoms with van der Waals surface area (Å²) in [5.41, 5.74) is 9.93. The molecule has 0 aromatic heterocycles. The quantitative estimate of drug-likeness (QED) is 0.745. The van der Waals surface area contributed by atoms with E-state index in [4.69, 9.17) is 15.2 Å². The van der Waals surface area contributed by atoms with Gasteiger partial charge in [-0.05, 0) is 62.1 Å². The van der Waals surface area contributed by atoms with Crippen molar-refractivity contribution in [1.82, 2.24) is 0 Å². The van der Waals surface area contributed by atoms with Crippen LogP contribution in [0.15, 0.2) is 42.5 Å². The normalized spacial score (nSPS) is 12.0. The van der Waals surface area contributed by atoms with Gasteiger partial charge in [-0.15, -0.1) is 0 Å². The molecular formula is C21H29NO2. The van der Waals surface area contributed by atoms with Crippen molar-refractivity contribution in [1.29, 1.82) is 0 Å². The van der Waals surface area contributed by atoms with Gasteiger partial charge in [-0.25, -0.2) is 0 Å². The van der Waals surface area contributed by atoms with Crippen LogP contribution >= 0.6 is 0 Å². The van der Waals surface area contributed by atoms with Crippen LogP contribution in [-0.2, 0) is 12.8 Å². The smallest absolute Gasteiger partial charge is 0.161 e. The molecule has 3 heteroatoms. The predicted molar refractivity (Wildman–Crippen MR) is 100 cm³/mol. The van der Waals surface area contributed by atoms with Crippen molar-refractivity contribution in [2.24, 2.45) is 5.73 Å². The molecule has 2 aromatic carbocycles. The van der Waals surface area contributed by atoms with Crippen LogP contribution in [-0.4, -0.2) is 19.8 Å². The molecule has 0 aliphatic rings. The Kier molecular flexibility index (Phi) is 7.13. The maximum atomic E-state index is 6.06. The van der Waals surface area contributed by atoms with E-state index in [1.165, 1.54) is 16.7 Å². The predicted octanol–water partition coefficient (Wildman–Crippen LogP) is 4.33. The Hall–Kier alpha value is -2.00. The van der Waals surface area contributed by atoms with Crippen LogP contribution in [0.2, 0.25) is 0 Å². The largest absolute Gasteiger partial charge is 0.490 e. The van der Waals surface area contributed by atoms with Gasteiger partial charge in [-0.2, -0.15) is 0 Å². The molecule has 1 unspecified atom stereocenters. The van der Waals surface area contributed by atoms with Gasteiger partial charge in [-0.3, -0.25) is 0 Å². The number of benzene rings is 2. The molecule has 0 heterocycles. The lowest BCUT2D eigenvalue weighted by Crippen LogP contribution is -2.15. The van der Waals surface area contributed by atoms with Gasteiger partial charge in [0.25, 0.3) is 0 Å². The molecule has 0 aliphatic carbocycles. The molecule has 0 saturated heterocycles. The zero-order chi connectivity index (χ0) is 17.4. The molecule has 0 bridgehead atoms. The molecular weight excluding hydrogens is 298 g/mol. The van der Waals surface area contributed by atoms with E-state index in [9.17, 15) is 0 Å². The number of hydrogen-bond acceptors (Lipinski definition) is 3. The maximum absolute atomic E-state index is 6.06. The highest BCUT2D eigenvalue weighted by atomic mass is 16.5. The van der Waals surface area contributed by atoms with Crippen molar-refractivity contribution in [3.63, 3.8) is 0 Å². The number of ether oxygens (including phenoxy) is 2. The van der Waals surface area contributed by atoms with Crippen molar-refractivity contribution >= 4 is 0 Å². The summed E-state index contributed by atoms with van der Waals surface area (Å²) in [6, 6.07) is 15.0. The van der Waals surface area contributed by atoms with Gasteiger partial charge in [0.2, 0.25) is 0 Å². The highest BCUT2D eigenvalue weighted by molar-refractivity contribution is 5.44. The lowest BCUT2D eigenvalue weighted by Gasteiger charge is -2.18. The zero-order valence-corrected chi connectivity index (χ0v) is 15.0. The minimum atomic E-state index is 0.271. The van der Waals surface area contributed by atoms with Crippen molar-refractivity contribution in [2.45, 2.75) is 39.5 Å². The molecule has 0 spiro atoms. The standard InChI is InChI=1S/C21H29NO2/c1-4-16-7-9-17(10-8-16)13-19(15-22)18-11-12-20(23-5-2)21(14-18)24-6-3/h7-12,14,19H,4-6,13,15,22H2,1-3H3. The highest BCUT2D eigenvalue weighted by Gasteiger charge is 2.14. The molecule has 3 nitrogen and oxygen atoms in total. The molecule has 2 rings (SSSR count). The van der Waals surface area contributed by atoms with Crippen LogP contribution in [0.3, 0.4) is 0 Å². The second-order valence-corrected chi connectivity index (χ2v) is 5.88. The SMILES string of the molecule is CCOc1ccc(C(CN)Cc2ccc(CC)cc2)cc1OCC. The van der Waals surface area contributed by atoms with Gasteiger partial charge < -0.3 is 15.2 Å². The Morgan fingerprint density at radius 2 is 1.46 bits per heavy atom. The Morgan fingerprint density at radius 1 is 0.833 bits per heavy atom. The maximum Gasteiger partial charge on any atom is 0.161 e. The molecule has 2 aromatic rings. The number of aryl methyl sites for hydroxylation is 1. The van der Waals surface area contributed by atoms with E-state index < -0.39 is 0 Å². The third kappa shape index (κ3) is 4.75. The Bertz CT molecular complexity index is 622. The van der Waals surface area contributed by atoms with Gasteiger partial charge in [0.15, 0.2) is 11.5 Å². The molecule has 1 atom stereocenters. The second kappa shape index (κ2) is 9.33. The minimum Gasteiger partial charge on any atom is -0.490 e. The van der Waals surface area contributed by atoms with Crippen molar-refractivity contribution in [2.75, 3.05) is 19.8 Å². The molecule has 0 aliphatic heterocycles. The fourth-order valence-electron chi connectivity index (χ4n) is 2.85. The van der Waals surface area contributed by atoms with E-state index >= 15 is 0 Å². The van der Waals surface area contributed by atoms with Crippen molar-refractivity contribution in [3.05, 3.63) is 59.2 Å². The molecule has 0 saturated carbocycles. The number of nitrogens with two attached hydrogens (primary N) is 1. The summed E-state index contributed by atoms with van der Waals surface area (Å²) in [6.45, 7) is 7.99. The zero-order valence-electron chi connectivity index (χ0n) is 15.0. The highest BCUT2D eigenvalue weighted by Crippen LogP contribution is 2.32. The third-order valence-electron chi connectivity index (χ3n) is 4.24. The summed E-state index contributed by atoms with van der Waals surface area (Å²) < 4.78 is 11.4. The van der Waals surface area contributed by atoms with E-state index in [2.05, 4.69) is 43.3 Å². The Labute approximate surface area is 145 Å². The summed E-state index contributed by atoms with van der Waals surface area (Å²) in [5.74, 6) is 1.87. The number of rotatable bonds is 9. The fraction of sp³-hybridized carbons (Fsp3) is 0.429. The van der Waals surface area contributed by atoms with Crippen LogP contribution < -0.4 is 15.2 Å². The molecule has 2 N–H and O–H groups in total. The first-order valence-electron chi connectivity index (χ1n) is 8.89. The van der Waals surface area contributed by atoms with Gasteiger partial charge in [0.1, 0.15) is 0 Å². The van der Waals surface area contributed by atoms with Gasteiger partial charge >= 0.3 is 0 Å². The average Bonchev–Trinajstić information content (AvgIpc) is 2.62. The van der Waals surface area contributed by atoms with Crippen molar-refractivity contribution in [3.8, 4) is 11.5 Å². The average molecular weight is 327 g/mol. The third-order valence-corrected chi connectivity index (χ3v) is 4.24. The molecule has 0 fully saturated rings. The van der Waals surface area contributed by atoms with Crippen LogP contribution in [0.1, 0.15) is 43.4 Å². The lowest BCUT2D eigenvalue weighted by atomic mass is 9.91. The summed E-state index contributed by atoms with van der Waals surface area (Å²) in [6.07, 6.45) is 2.00. The van der Waals surface area contributed by atoms with E-state index in [0.717, 1.165) is 24.3 Å². The van der Waals surface area contributed by atoms with E-state index in [1.54, 1.807) is 0 Å². The van der Waals surface area contributed by atoms with E-state index in [0.29, 0.717) is 19.8 Å². The molecule has 24 heavy (non-hydrogen) atoms. The van der Waals surface area contributed by atoms with Crippen LogP contribution in [0.5, 0.6) is 11.5 Å². The van der Waals surface area contributed by atoms with E-state index in [-0.39, 0.29) is 5.92 Å². The number of hydrogen-bond donors (Lipinski definition) is 1. The van der Waals surface area contributed by atoms with Gasteiger partial charge in [-0.1, -0.05) is 37.3 Å². The topological polar surface area (TPSA) is 44.5 Å². The summed E-state index contributed by atoms with van der Waals surface area (Å²) in [7, 11) is 0. The van der Waals surface area contributed by atoms with E-state index in [1.807, 2.05) is 19.9 Å². The summed E-state index contributed by atoms with van der Waals surface area (Å²) >= 11 is 0. The molecule has 130 valence electrons.